The van der Waals surface area contributed by atoms with Crippen molar-refractivity contribution in [3.63, 3.8) is 0 Å². The number of nitrogens with one attached hydrogen (secondary N) is 2. The van der Waals surface area contributed by atoms with E-state index < -0.39 is 5.97 Å². The molecule has 1 aliphatic rings. The normalized spacial score (nSPS) is 14.6. The van der Waals surface area contributed by atoms with Gasteiger partial charge in [-0.05, 0) is 48.6 Å². The largest absolute Gasteiger partial charge is 0.480 e. The Bertz CT molecular complexity index is 1020. The third-order valence-corrected chi connectivity index (χ3v) is 6.01. The molecule has 0 unspecified atom stereocenters. The molecule has 0 heterocycles. The highest BCUT2D eigenvalue weighted by atomic mass is 35.5. The van der Waals surface area contributed by atoms with Crippen LogP contribution in [0.2, 0.25) is 5.02 Å². The Morgan fingerprint density at radius 2 is 1.88 bits per heavy atom. The molecule has 3 rings (SSSR count). The summed E-state index contributed by atoms with van der Waals surface area (Å²) in [5, 5.41) is 19.4. The highest BCUT2D eigenvalue weighted by Crippen LogP contribution is 2.23. The number of rotatable bonds is 11. The maximum absolute atomic E-state index is 12.3. The maximum atomic E-state index is 12.3. The van der Waals surface area contributed by atoms with E-state index in [0.29, 0.717) is 40.0 Å². The fourth-order valence-electron chi connectivity index (χ4n) is 3.97. The summed E-state index contributed by atoms with van der Waals surface area (Å²) < 4.78 is 0. The van der Waals surface area contributed by atoms with Crippen LogP contribution in [0.4, 0.5) is 5.69 Å². The number of carboxylic acid groups (broad SMARTS) is 1. The zero-order valence-corrected chi connectivity index (χ0v) is 19.8. The van der Waals surface area contributed by atoms with Crippen molar-refractivity contribution in [2.24, 2.45) is 11.1 Å². The van der Waals surface area contributed by atoms with Crippen LogP contribution in [0.5, 0.6) is 0 Å². The molecule has 8 nitrogen and oxygen atoms in total. The van der Waals surface area contributed by atoms with Gasteiger partial charge in [-0.2, -0.15) is 0 Å². The van der Waals surface area contributed by atoms with Gasteiger partial charge < -0.3 is 26.3 Å². The number of benzene rings is 2. The lowest BCUT2D eigenvalue weighted by atomic mass is 9.89. The molecular formula is C25H31ClN4O4. The van der Waals surface area contributed by atoms with Gasteiger partial charge in [-0.15, -0.1) is 0 Å². The van der Waals surface area contributed by atoms with Crippen LogP contribution < -0.4 is 16.4 Å². The Kier molecular flexibility index (Phi) is 9.73. The highest BCUT2D eigenvalue weighted by Gasteiger charge is 2.15. The van der Waals surface area contributed by atoms with E-state index in [0.717, 1.165) is 18.4 Å². The topological polar surface area (TPSA) is 126 Å². The number of nitrogens with two attached hydrogens (primary N) is 1. The van der Waals surface area contributed by atoms with Crippen molar-refractivity contribution in [2.75, 3.05) is 25.4 Å². The summed E-state index contributed by atoms with van der Waals surface area (Å²) in [5.74, 6) is -0.632. The van der Waals surface area contributed by atoms with Gasteiger partial charge in [-0.25, -0.2) is 0 Å². The van der Waals surface area contributed by atoms with Crippen LogP contribution in [0, 0.1) is 5.92 Å². The molecule has 5 N–H and O–H groups in total. The lowest BCUT2D eigenvalue weighted by molar-refractivity contribution is -0.136. The molecule has 0 spiro atoms. The summed E-state index contributed by atoms with van der Waals surface area (Å²) in [6.07, 6.45) is 6.02. The number of anilines is 1. The second-order valence-corrected chi connectivity index (χ2v) is 8.88. The Balaban J connectivity index is 1.72. The first kappa shape index (κ1) is 25.5. The van der Waals surface area contributed by atoms with E-state index in [-0.39, 0.29) is 25.6 Å². The molecule has 0 saturated heterocycles. The summed E-state index contributed by atoms with van der Waals surface area (Å²) >= 11 is 6.19. The van der Waals surface area contributed by atoms with E-state index >= 15 is 0 Å². The number of nitrogens with zero attached hydrogens (tertiary/aromatic N) is 1. The van der Waals surface area contributed by atoms with Crippen LogP contribution in [0.25, 0.3) is 0 Å². The number of halogens is 1. The molecule has 0 aliphatic heterocycles. The molecule has 182 valence electrons. The van der Waals surface area contributed by atoms with Crippen molar-refractivity contribution in [2.45, 2.75) is 38.6 Å². The van der Waals surface area contributed by atoms with E-state index in [1.165, 1.54) is 19.3 Å². The van der Waals surface area contributed by atoms with Gasteiger partial charge >= 0.3 is 5.97 Å². The second kappa shape index (κ2) is 13.0. The SMILES string of the molecule is Nc1ccc(/C(=N/OCC(=O)NCC2CCCCC2)c2cccc(Cl)c2)cc1CNCC(=O)O. The number of amides is 1. The van der Waals surface area contributed by atoms with Crippen LogP contribution >= 0.6 is 11.6 Å². The number of hydrogen-bond donors (Lipinski definition) is 4. The molecule has 0 bridgehead atoms. The minimum absolute atomic E-state index is 0.183. The van der Waals surface area contributed by atoms with E-state index in [2.05, 4.69) is 15.8 Å². The van der Waals surface area contributed by atoms with E-state index in [1.807, 2.05) is 12.1 Å². The predicted molar refractivity (Wildman–Crippen MR) is 133 cm³/mol. The minimum Gasteiger partial charge on any atom is -0.480 e. The average Bonchev–Trinajstić information content (AvgIpc) is 2.82. The summed E-state index contributed by atoms with van der Waals surface area (Å²) in [5.41, 5.74) is 9.22. The fourth-order valence-corrected chi connectivity index (χ4v) is 4.16. The van der Waals surface area contributed by atoms with Gasteiger partial charge in [0.05, 0.1) is 6.54 Å². The van der Waals surface area contributed by atoms with Crippen LogP contribution in [0.15, 0.2) is 47.6 Å². The molecular weight excluding hydrogens is 456 g/mol. The van der Waals surface area contributed by atoms with Crippen molar-refractivity contribution in [1.82, 2.24) is 10.6 Å². The number of carbonyl (C=O) groups is 2. The van der Waals surface area contributed by atoms with Gasteiger partial charge in [0, 0.05) is 34.9 Å². The quantitative estimate of drug-likeness (QED) is 0.218. The van der Waals surface area contributed by atoms with Gasteiger partial charge in [-0.3, -0.25) is 9.59 Å². The lowest BCUT2D eigenvalue weighted by Crippen LogP contribution is -2.32. The van der Waals surface area contributed by atoms with Gasteiger partial charge in [0.2, 0.25) is 0 Å². The van der Waals surface area contributed by atoms with Crippen LogP contribution in [-0.4, -0.2) is 42.4 Å². The molecule has 0 atom stereocenters. The van der Waals surface area contributed by atoms with Gasteiger partial charge in [0.15, 0.2) is 6.61 Å². The smallest absolute Gasteiger partial charge is 0.317 e. The van der Waals surface area contributed by atoms with E-state index in [1.54, 1.807) is 30.3 Å². The Morgan fingerprint density at radius 1 is 1.12 bits per heavy atom. The summed E-state index contributed by atoms with van der Waals surface area (Å²) in [6.45, 7) is 0.563. The standard InChI is InChI=1S/C25H31ClN4O4/c26-21-8-4-7-18(12-21)25(19-9-10-22(27)20(11-19)14-28-15-24(32)33)30-34-16-23(31)29-13-17-5-2-1-3-6-17/h4,7-12,17,28H,1-3,5-6,13-16,27H2,(H,29,31)(H,32,33)/b30-25+. The summed E-state index contributed by atoms with van der Waals surface area (Å²) in [6, 6.07) is 12.5. The van der Waals surface area contributed by atoms with Crippen molar-refractivity contribution >= 4 is 34.9 Å². The predicted octanol–water partition coefficient (Wildman–Crippen LogP) is 3.56. The van der Waals surface area contributed by atoms with Gasteiger partial charge in [0.25, 0.3) is 5.91 Å². The fraction of sp³-hybridized carbons (Fsp3) is 0.400. The molecule has 0 radical (unpaired) electrons. The molecule has 2 aromatic rings. The monoisotopic (exact) mass is 486 g/mol. The highest BCUT2D eigenvalue weighted by molar-refractivity contribution is 6.31. The first-order chi connectivity index (χ1) is 16.4. The zero-order valence-electron chi connectivity index (χ0n) is 19.1. The number of carboxylic acids is 1. The van der Waals surface area contributed by atoms with Crippen molar-refractivity contribution in [1.29, 1.82) is 0 Å². The summed E-state index contributed by atoms with van der Waals surface area (Å²) in [7, 11) is 0. The maximum Gasteiger partial charge on any atom is 0.317 e. The van der Waals surface area contributed by atoms with Gasteiger partial charge in [-0.1, -0.05) is 54.2 Å². The molecule has 1 aliphatic carbocycles. The molecule has 0 aromatic heterocycles. The number of aliphatic carboxylic acids is 1. The zero-order chi connectivity index (χ0) is 24.3. The van der Waals surface area contributed by atoms with Crippen LogP contribution in [-0.2, 0) is 21.0 Å². The Hall–Kier alpha value is -3.10. The third-order valence-electron chi connectivity index (χ3n) is 5.77. The molecule has 34 heavy (non-hydrogen) atoms. The minimum atomic E-state index is -0.953. The number of carbonyl (C=O) groups excluding carboxylic acids is 1. The van der Waals surface area contributed by atoms with E-state index in [4.69, 9.17) is 27.3 Å². The molecule has 9 heteroatoms. The van der Waals surface area contributed by atoms with Gasteiger partial charge in [0.1, 0.15) is 5.71 Å². The lowest BCUT2D eigenvalue weighted by Gasteiger charge is -2.21. The molecule has 1 saturated carbocycles. The van der Waals surface area contributed by atoms with Crippen LogP contribution in [0.3, 0.4) is 0 Å². The molecule has 1 amide bonds. The number of hydrogen-bond acceptors (Lipinski definition) is 6. The van der Waals surface area contributed by atoms with Crippen molar-refractivity contribution in [3.05, 3.63) is 64.2 Å². The Labute approximate surface area is 204 Å². The second-order valence-electron chi connectivity index (χ2n) is 8.44. The average molecular weight is 487 g/mol. The third kappa shape index (κ3) is 8.04. The van der Waals surface area contributed by atoms with E-state index in [9.17, 15) is 9.59 Å². The number of oxime groups is 1. The molecule has 1 fully saturated rings. The van der Waals surface area contributed by atoms with Crippen LogP contribution in [0.1, 0.15) is 48.8 Å². The van der Waals surface area contributed by atoms with Crippen molar-refractivity contribution < 1.29 is 19.5 Å². The van der Waals surface area contributed by atoms with Crippen molar-refractivity contribution in [3.8, 4) is 0 Å². The Morgan fingerprint density at radius 3 is 2.62 bits per heavy atom. The summed E-state index contributed by atoms with van der Waals surface area (Å²) in [4.78, 5) is 28.5. The molecule has 2 aromatic carbocycles. The first-order valence-electron chi connectivity index (χ1n) is 11.5. The first-order valence-corrected chi connectivity index (χ1v) is 11.8. The number of nitrogen functional groups attached to an aromatic ring is 1.